The monoisotopic (exact) mass is 246 g/mol. The minimum Gasteiger partial charge on any atom is -0.481 e. The van der Waals surface area contributed by atoms with Gasteiger partial charge in [-0.1, -0.05) is 6.92 Å². The summed E-state index contributed by atoms with van der Waals surface area (Å²) in [4.78, 5) is 23.6. The molecule has 0 aromatic rings. The van der Waals surface area contributed by atoms with Crippen molar-refractivity contribution in [3.05, 3.63) is 0 Å². The Morgan fingerprint density at radius 1 is 1.41 bits per heavy atom. The molecule has 0 bridgehead atoms. The van der Waals surface area contributed by atoms with Crippen molar-refractivity contribution in [2.75, 3.05) is 26.7 Å². The number of carbonyl (C=O) groups excluding carboxylic acids is 1. The van der Waals surface area contributed by atoms with Crippen molar-refractivity contribution in [2.45, 2.75) is 26.9 Å². The number of carbonyl (C=O) groups is 2. The minimum atomic E-state index is -0.910. The van der Waals surface area contributed by atoms with E-state index in [9.17, 15) is 9.59 Å². The van der Waals surface area contributed by atoms with Gasteiger partial charge in [-0.25, -0.2) is 4.79 Å². The second kappa shape index (κ2) is 7.89. The fourth-order valence-electron chi connectivity index (χ4n) is 1.28. The molecule has 0 aromatic heterocycles. The maximum absolute atomic E-state index is 11.6. The van der Waals surface area contributed by atoms with Crippen LogP contribution in [0.1, 0.15) is 20.8 Å². The van der Waals surface area contributed by atoms with Crippen molar-refractivity contribution in [3.8, 4) is 0 Å². The Balaban J connectivity index is 3.93. The molecule has 0 spiro atoms. The summed E-state index contributed by atoms with van der Waals surface area (Å²) in [6.45, 7) is 6.52. The van der Waals surface area contributed by atoms with Crippen LogP contribution in [0.15, 0.2) is 0 Å². The standard InChI is InChI=1S/C11H22N2O4/c1-5-17-9(3)6-12-11(16)13(4)7-8(2)10(14)15/h8-9H,5-7H2,1-4H3,(H,12,16)(H,14,15). The zero-order valence-corrected chi connectivity index (χ0v) is 10.9. The van der Waals surface area contributed by atoms with E-state index in [0.717, 1.165) is 0 Å². The Bertz CT molecular complexity index is 258. The fraction of sp³-hybridized carbons (Fsp3) is 0.818. The third kappa shape index (κ3) is 6.78. The van der Waals surface area contributed by atoms with Gasteiger partial charge in [0.25, 0.3) is 0 Å². The molecule has 0 saturated carbocycles. The third-order valence-corrected chi connectivity index (χ3v) is 2.31. The van der Waals surface area contributed by atoms with Crippen molar-refractivity contribution in [1.29, 1.82) is 0 Å². The van der Waals surface area contributed by atoms with Gasteiger partial charge in [0.2, 0.25) is 0 Å². The highest BCUT2D eigenvalue weighted by atomic mass is 16.5. The van der Waals surface area contributed by atoms with E-state index < -0.39 is 11.9 Å². The third-order valence-electron chi connectivity index (χ3n) is 2.31. The Kier molecular flexibility index (Phi) is 7.29. The van der Waals surface area contributed by atoms with Crippen LogP contribution in [0.3, 0.4) is 0 Å². The van der Waals surface area contributed by atoms with Gasteiger partial charge in [-0.3, -0.25) is 4.79 Å². The number of hydrogen-bond donors (Lipinski definition) is 2. The van der Waals surface area contributed by atoms with Crippen LogP contribution in [0, 0.1) is 5.92 Å². The maximum Gasteiger partial charge on any atom is 0.317 e. The largest absolute Gasteiger partial charge is 0.481 e. The number of rotatable bonds is 7. The van der Waals surface area contributed by atoms with E-state index in [0.29, 0.717) is 13.2 Å². The van der Waals surface area contributed by atoms with Crippen molar-refractivity contribution in [2.24, 2.45) is 5.92 Å². The number of carboxylic acids is 1. The topological polar surface area (TPSA) is 78.9 Å². The predicted molar refractivity (Wildman–Crippen MR) is 63.9 cm³/mol. The van der Waals surface area contributed by atoms with Gasteiger partial charge >= 0.3 is 12.0 Å². The Hall–Kier alpha value is -1.30. The molecular weight excluding hydrogens is 224 g/mol. The summed E-state index contributed by atoms with van der Waals surface area (Å²) in [5.41, 5.74) is 0. The molecule has 2 atom stereocenters. The van der Waals surface area contributed by atoms with Crippen LogP contribution >= 0.6 is 0 Å². The SMILES string of the molecule is CCOC(C)CNC(=O)N(C)CC(C)C(=O)O. The number of hydrogen-bond acceptors (Lipinski definition) is 3. The first-order valence-corrected chi connectivity index (χ1v) is 5.71. The number of aliphatic carboxylic acids is 1. The molecule has 2 N–H and O–H groups in total. The number of nitrogens with zero attached hydrogens (tertiary/aromatic N) is 1. The quantitative estimate of drug-likeness (QED) is 0.695. The van der Waals surface area contributed by atoms with E-state index >= 15 is 0 Å². The number of ether oxygens (including phenoxy) is 1. The second-order valence-corrected chi connectivity index (χ2v) is 4.07. The summed E-state index contributed by atoms with van der Waals surface area (Å²) in [5.74, 6) is -1.48. The molecule has 0 fully saturated rings. The molecular formula is C11H22N2O4. The molecule has 0 rings (SSSR count). The summed E-state index contributed by atoms with van der Waals surface area (Å²) in [7, 11) is 1.57. The van der Waals surface area contributed by atoms with Gasteiger partial charge in [-0.05, 0) is 13.8 Å². The summed E-state index contributed by atoms with van der Waals surface area (Å²) in [6.07, 6.45) is -0.0470. The molecule has 17 heavy (non-hydrogen) atoms. The van der Waals surface area contributed by atoms with Crippen LogP contribution in [0.5, 0.6) is 0 Å². The van der Waals surface area contributed by atoms with Crippen LogP contribution in [-0.2, 0) is 9.53 Å². The zero-order valence-electron chi connectivity index (χ0n) is 10.9. The van der Waals surface area contributed by atoms with Crippen molar-refractivity contribution in [3.63, 3.8) is 0 Å². The highest BCUT2D eigenvalue weighted by molar-refractivity contribution is 5.75. The minimum absolute atomic E-state index is 0.0470. The van der Waals surface area contributed by atoms with Crippen LogP contribution in [-0.4, -0.2) is 54.9 Å². The van der Waals surface area contributed by atoms with E-state index in [4.69, 9.17) is 9.84 Å². The highest BCUT2D eigenvalue weighted by Crippen LogP contribution is 1.98. The lowest BCUT2D eigenvalue weighted by Crippen LogP contribution is -2.43. The summed E-state index contributed by atoms with van der Waals surface area (Å²) >= 11 is 0. The molecule has 2 unspecified atom stereocenters. The number of amides is 2. The number of carboxylic acid groups (broad SMARTS) is 1. The molecule has 6 nitrogen and oxygen atoms in total. The lowest BCUT2D eigenvalue weighted by molar-refractivity contribution is -0.141. The van der Waals surface area contributed by atoms with Gasteiger partial charge in [0.05, 0.1) is 12.0 Å². The Morgan fingerprint density at radius 3 is 2.47 bits per heavy atom. The molecule has 2 amide bonds. The number of nitrogens with one attached hydrogen (secondary N) is 1. The van der Waals surface area contributed by atoms with E-state index in [1.54, 1.807) is 14.0 Å². The predicted octanol–water partition coefficient (Wildman–Crippen LogP) is 0.773. The molecule has 0 aliphatic carbocycles. The maximum atomic E-state index is 11.6. The van der Waals surface area contributed by atoms with Crippen LogP contribution in [0.4, 0.5) is 4.79 Å². The van der Waals surface area contributed by atoms with Crippen LogP contribution in [0.2, 0.25) is 0 Å². The van der Waals surface area contributed by atoms with Crippen molar-refractivity contribution >= 4 is 12.0 Å². The van der Waals surface area contributed by atoms with Gasteiger partial charge in [-0.2, -0.15) is 0 Å². The lowest BCUT2D eigenvalue weighted by Gasteiger charge is -2.21. The first-order valence-electron chi connectivity index (χ1n) is 5.71. The molecule has 0 radical (unpaired) electrons. The first kappa shape index (κ1) is 15.7. The molecule has 0 aliphatic rings. The summed E-state index contributed by atoms with van der Waals surface area (Å²) < 4.78 is 5.26. The molecule has 6 heteroatoms. The normalized spacial score (nSPS) is 13.9. The first-order chi connectivity index (χ1) is 7.88. The average molecular weight is 246 g/mol. The lowest BCUT2D eigenvalue weighted by atomic mass is 10.2. The molecule has 0 aromatic carbocycles. The molecule has 0 heterocycles. The van der Waals surface area contributed by atoms with Gasteiger partial charge in [-0.15, -0.1) is 0 Å². The second-order valence-electron chi connectivity index (χ2n) is 4.07. The van der Waals surface area contributed by atoms with Gasteiger partial charge in [0.15, 0.2) is 0 Å². The molecule has 100 valence electrons. The van der Waals surface area contributed by atoms with Crippen molar-refractivity contribution < 1.29 is 19.4 Å². The molecule has 0 saturated heterocycles. The van der Waals surface area contributed by atoms with Gasteiger partial charge < -0.3 is 20.1 Å². The Labute approximate surface area is 102 Å². The summed E-state index contributed by atoms with van der Waals surface area (Å²) in [5, 5.41) is 11.4. The van der Waals surface area contributed by atoms with Gasteiger partial charge in [0.1, 0.15) is 0 Å². The van der Waals surface area contributed by atoms with E-state index in [-0.39, 0.29) is 18.7 Å². The molecule has 0 aliphatic heterocycles. The van der Waals surface area contributed by atoms with Crippen LogP contribution < -0.4 is 5.32 Å². The van der Waals surface area contributed by atoms with E-state index in [2.05, 4.69) is 5.32 Å². The van der Waals surface area contributed by atoms with Crippen molar-refractivity contribution in [1.82, 2.24) is 10.2 Å². The smallest absolute Gasteiger partial charge is 0.317 e. The van der Waals surface area contributed by atoms with E-state index in [1.165, 1.54) is 4.90 Å². The average Bonchev–Trinajstić information content (AvgIpc) is 2.25. The van der Waals surface area contributed by atoms with Gasteiger partial charge in [0, 0.05) is 26.7 Å². The Morgan fingerprint density at radius 2 is 2.00 bits per heavy atom. The fourth-order valence-corrected chi connectivity index (χ4v) is 1.28. The number of urea groups is 1. The zero-order chi connectivity index (χ0) is 13.4. The summed E-state index contributed by atoms with van der Waals surface area (Å²) in [6, 6.07) is -0.287. The van der Waals surface area contributed by atoms with E-state index in [1.807, 2.05) is 13.8 Å². The van der Waals surface area contributed by atoms with Crippen LogP contribution in [0.25, 0.3) is 0 Å². The highest BCUT2D eigenvalue weighted by Gasteiger charge is 2.17.